The van der Waals surface area contributed by atoms with Gasteiger partial charge in [-0.1, -0.05) is 11.6 Å². The zero-order valence-electron chi connectivity index (χ0n) is 8.58. The molecule has 0 saturated heterocycles. The van der Waals surface area contributed by atoms with Gasteiger partial charge in [-0.2, -0.15) is 15.2 Å². The minimum absolute atomic E-state index is 0.560. The van der Waals surface area contributed by atoms with E-state index in [0.29, 0.717) is 11.0 Å². The van der Waals surface area contributed by atoms with Gasteiger partial charge in [-0.05, 0) is 12.1 Å². The molecule has 0 saturated carbocycles. The number of H-pyrrole nitrogens is 1. The molecule has 0 atom stereocenters. The summed E-state index contributed by atoms with van der Waals surface area (Å²) in [6.45, 7) is 0. The first-order valence-corrected chi connectivity index (χ1v) is 5.23. The number of nitrogens with zero attached hydrogens (tertiary/aromatic N) is 5. The molecule has 0 aliphatic rings. The van der Waals surface area contributed by atoms with Crippen LogP contribution in [0.1, 0.15) is 0 Å². The Morgan fingerprint density at radius 2 is 2.12 bits per heavy atom. The number of hydrogen-bond donors (Lipinski definition) is 1. The van der Waals surface area contributed by atoms with Gasteiger partial charge in [0.25, 0.3) is 0 Å². The number of halogens is 1. The number of aromatic nitrogens is 6. The van der Waals surface area contributed by atoms with Crippen LogP contribution < -0.4 is 0 Å². The van der Waals surface area contributed by atoms with Crippen molar-refractivity contribution in [3.05, 3.63) is 42.1 Å². The monoisotopic (exact) mass is 246 g/mol. The smallest absolute Gasteiger partial charge is 0.246 e. The highest BCUT2D eigenvalue weighted by Crippen LogP contribution is 2.18. The van der Waals surface area contributed by atoms with Crippen molar-refractivity contribution in [1.29, 1.82) is 0 Å². The van der Waals surface area contributed by atoms with E-state index in [1.807, 2.05) is 12.3 Å². The summed E-state index contributed by atoms with van der Waals surface area (Å²) in [6, 6.07) is 3.62. The first-order chi connectivity index (χ1) is 8.33. The summed E-state index contributed by atoms with van der Waals surface area (Å²) < 4.78 is 1.60. The summed E-state index contributed by atoms with van der Waals surface area (Å²) in [6.07, 6.45) is 6.55. The molecule has 7 heteroatoms. The SMILES string of the molecule is Clc1ccc(-c2cnn(-c3ncn[nH]3)c2)nc1. The van der Waals surface area contributed by atoms with Gasteiger partial charge in [0.1, 0.15) is 6.33 Å². The molecular weight excluding hydrogens is 240 g/mol. The number of pyridine rings is 1. The molecule has 0 unspecified atom stereocenters. The fourth-order valence-electron chi connectivity index (χ4n) is 1.43. The molecule has 3 aromatic heterocycles. The zero-order valence-corrected chi connectivity index (χ0v) is 9.33. The summed E-state index contributed by atoms with van der Waals surface area (Å²) in [5.41, 5.74) is 1.69. The van der Waals surface area contributed by atoms with Gasteiger partial charge in [0.05, 0.1) is 16.9 Å². The van der Waals surface area contributed by atoms with Crippen LogP contribution in [0.4, 0.5) is 0 Å². The number of aromatic amines is 1. The van der Waals surface area contributed by atoms with Crippen LogP contribution in [0.15, 0.2) is 37.1 Å². The Balaban J connectivity index is 1.98. The normalized spacial score (nSPS) is 10.6. The van der Waals surface area contributed by atoms with Crippen LogP contribution in [0.25, 0.3) is 17.2 Å². The van der Waals surface area contributed by atoms with E-state index in [1.54, 1.807) is 23.1 Å². The molecule has 1 N–H and O–H groups in total. The van der Waals surface area contributed by atoms with E-state index < -0.39 is 0 Å². The summed E-state index contributed by atoms with van der Waals surface area (Å²) in [7, 11) is 0. The van der Waals surface area contributed by atoms with E-state index >= 15 is 0 Å². The fourth-order valence-corrected chi connectivity index (χ4v) is 1.54. The van der Waals surface area contributed by atoms with Crippen LogP contribution >= 0.6 is 11.6 Å². The predicted octanol–water partition coefficient (Wildman–Crippen LogP) is 1.71. The molecule has 0 amide bonds. The Morgan fingerprint density at radius 1 is 1.18 bits per heavy atom. The van der Waals surface area contributed by atoms with Gasteiger partial charge in [0.15, 0.2) is 0 Å². The Morgan fingerprint density at radius 3 is 2.82 bits per heavy atom. The highest BCUT2D eigenvalue weighted by molar-refractivity contribution is 6.30. The molecule has 0 aromatic carbocycles. The van der Waals surface area contributed by atoms with Crippen LogP contribution in [0.3, 0.4) is 0 Å². The molecule has 0 spiro atoms. The van der Waals surface area contributed by atoms with Gasteiger partial charge in [-0.25, -0.2) is 9.78 Å². The average molecular weight is 247 g/mol. The molecule has 6 nitrogen and oxygen atoms in total. The molecule has 0 bridgehead atoms. The van der Waals surface area contributed by atoms with Gasteiger partial charge in [-0.15, -0.1) is 0 Å². The Bertz CT molecular complexity index is 613. The van der Waals surface area contributed by atoms with E-state index in [1.165, 1.54) is 6.33 Å². The molecule has 0 radical (unpaired) electrons. The third-order valence-corrected chi connectivity index (χ3v) is 2.45. The van der Waals surface area contributed by atoms with Crippen LogP contribution in [0.2, 0.25) is 5.02 Å². The predicted molar refractivity (Wildman–Crippen MR) is 61.7 cm³/mol. The quantitative estimate of drug-likeness (QED) is 0.747. The van der Waals surface area contributed by atoms with Crippen molar-refractivity contribution in [1.82, 2.24) is 29.9 Å². The molecule has 3 aromatic rings. The molecular formula is C10H7ClN6. The van der Waals surface area contributed by atoms with E-state index in [0.717, 1.165) is 11.3 Å². The second-order valence-corrected chi connectivity index (χ2v) is 3.78. The van der Waals surface area contributed by atoms with Gasteiger partial charge in [0.2, 0.25) is 5.95 Å². The first-order valence-electron chi connectivity index (χ1n) is 4.85. The lowest BCUT2D eigenvalue weighted by atomic mass is 10.2. The molecule has 3 rings (SSSR count). The van der Waals surface area contributed by atoms with E-state index in [2.05, 4.69) is 25.3 Å². The zero-order chi connectivity index (χ0) is 11.7. The molecule has 3 heterocycles. The second-order valence-electron chi connectivity index (χ2n) is 3.34. The molecule has 0 fully saturated rings. The number of rotatable bonds is 2. The van der Waals surface area contributed by atoms with Gasteiger partial charge in [0, 0.05) is 18.0 Å². The maximum absolute atomic E-state index is 5.78. The summed E-state index contributed by atoms with van der Waals surface area (Å²) >= 11 is 5.78. The van der Waals surface area contributed by atoms with Crippen LogP contribution in [0.5, 0.6) is 0 Å². The maximum atomic E-state index is 5.78. The lowest BCUT2D eigenvalue weighted by molar-refractivity contribution is 0.813. The Kier molecular flexibility index (Phi) is 2.34. The van der Waals surface area contributed by atoms with Crippen molar-refractivity contribution >= 4 is 11.6 Å². The van der Waals surface area contributed by atoms with Crippen LogP contribution in [-0.2, 0) is 0 Å². The number of hydrogen-bond acceptors (Lipinski definition) is 4. The standard InChI is InChI=1S/C10H7ClN6/c11-8-1-2-9(12-4-8)7-3-15-17(5-7)10-13-6-14-16-10/h1-6H,(H,13,14,16). The lowest BCUT2D eigenvalue weighted by Crippen LogP contribution is -1.96. The Hall–Kier alpha value is -2.21. The second kappa shape index (κ2) is 3.99. The van der Waals surface area contributed by atoms with Crippen molar-refractivity contribution < 1.29 is 0 Å². The molecule has 0 aliphatic carbocycles. The van der Waals surface area contributed by atoms with Crippen LogP contribution in [-0.4, -0.2) is 29.9 Å². The van der Waals surface area contributed by atoms with Crippen LogP contribution in [0, 0.1) is 0 Å². The van der Waals surface area contributed by atoms with Crippen molar-refractivity contribution in [2.24, 2.45) is 0 Å². The van der Waals surface area contributed by atoms with E-state index in [4.69, 9.17) is 11.6 Å². The molecule has 17 heavy (non-hydrogen) atoms. The highest BCUT2D eigenvalue weighted by atomic mass is 35.5. The Labute approximate surface area is 101 Å². The van der Waals surface area contributed by atoms with Crippen molar-refractivity contribution in [3.63, 3.8) is 0 Å². The van der Waals surface area contributed by atoms with Crippen molar-refractivity contribution in [2.45, 2.75) is 0 Å². The first kappa shape index (κ1) is 9.98. The maximum Gasteiger partial charge on any atom is 0.246 e. The third-order valence-electron chi connectivity index (χ3n) is 2.23. The third kappa shape index (κ3) is 1.90. The topological polar surface area (TPSA) is 72.3 Å². The van der Waals surface area contributed by atoms with E-state index in [-0.39, 0.29) is 0 Å². The minimum Gasteiger partial charge on any atom is -0.255 e. The highest BCUT2D eigenvalue weighted by Gasteiger charge is 2.05. The van der Waals surface area contributed by atoms with Crippen molar-refractivity contribution in [3.8, 4) is 17.2 Å². The van der Waals surface area contributed by atoms with Crippen molar-refractivity contribution in [2.75, 3.05) is 0 Å². The molecule has 0 aliphatic heterocycles. The summed E-state index contributed by atoms with van der Waals surface area (Å²) in [4.78, 5) is 8.21. The van der Waals surface area contributed by atoms with E-state index in [9.17, 15) is 0 Å². The lowest BCUT2D eigenvalue weighted by Gasteiger charge is -1.95. The fraction of sp³-hybridized carbons (Fsp3) is 0. The summed E-state index contributed by atoms with van der Waals surface area (Å²) in [5.74, 6) is 0.560. The van der Waals surface area contributed by atoms with Gasteiger partial charge in [-0.3, -0.25) is 4.98 Å². The number of nitrogens with one attached hydrogen (secondary N) is 1. The minimum atomic E-state index is 0.560. The molecule has 84 valence electrons. The largest absolute Gasteiger partial charge is 0.255 e. The van der Waals surface area contributed by atoms with Gasteiger partial charge < -0.3 is 0 Å². The van der Waals surface area contributed by atoms with Gasteiger partial charge >= 0.3 is 0 Å². The summed E-state index contributed by atoms with van der Waals surface area (Å²) in [5, 5.41) is 11.3. The average Bonchev–Trinajstić information content (AvgIpc) is 3.00.